The van der Waals surface area contributed by atoms with Gasteiger partial charge in [0, 0.05) is 34.8 Å². The zero-order chi connectivity index (χ0) is 27.1. The molecule has 206 valence electrons. The number of para-hydroxylation sites is 1. The normalized spacial score (nSPS) is 22.4. The van der Waals surface area contributed by atoms with Crippen LogP contribution in [0.1, 0.15) is 71.9 Å². The van der Waals surface area contributed by atoms with E-state index in [1.165, 1.54) is 13.2 Å². The summed E-state index contributed by atoms with van der Waals surface area (Å²) in [6, 6.07) is 8.62. The Kier molecular flexibility index (Phi) is 6.92. The second kappa shape index (κ2) is 10.5. The molecule has 4 heterocycles. The minimum absolute atomic E-state index is 0.00834. The number of alkyl halides is 2. The highest BCUT2D eigenvalue weighted by Crippen LogP contribution is 2.46. The van der Waals surface area contributed by atoms with E-state index >= 15 is 0 Å². The number of esters is 1. The number of halogens is 2. The number of hydrogen-bond acceptors (Lipinski definition) is 9. The molecular weight excluding hydrogens is 510 g/mol. The first-order chi connectivity index (χ1) is 18.9. The number of aryl methyl sites for hydroxylation is 1. The molecule has 0 spiro atoms. The van der Waals surface area contributed by atoms with E-state index in [9.17, 15) is 13.6 Å². The molecule has 1 aromatic carbocycles. The molecule has 0 radical (unpaired) electrons. The first-order valence-corrected chi connectivity index (χ1v) is 13.3. The highest BCUT2D eigenvalue weighted by Gasteiger charge is 2.43. The van der Waals surface area contributed by atoms with Crippen molar-refractivity contribution in [1.82, 2.24) is 15.1 Å². The molecule has 2 aliphatic heterocycles. The first-order valence-electron chi connectivity index (χ1n) is 13.3. The topological polar surface area (TPSA) is 99.8 Å². The summed E-state index contributed by atoms with van der Waals surface area (Å²) >= 11 is 0. The van der Waals surface area contributed by atoms with E-state index < -0.39 is 12.6 Å². The Balaban J connectivity index is 1.20. The van der Waals surface area contributed by atoms with E-state index in [0.29, 0.717) is 22.9 Å². The molecule has 2 bridgehead atoms. The van der Waals surface area contributed by atoms with E-state index in [1.54, 1.807) is 24.3 Å². The van der Waals surface area contributed by atoms with Crippen molar-refractivity contribution in [3.8, 4) is 17.0 Å². The van der Waals surface area contributed by atoms with Crippen molar-refractivity contribution < 1.29 is 32.3 Å². The molecule has 0 amide bonds. The van der Waals surface area contributed by atoms with Gasteiger partial charge in [-0.2, -0.15) is 8.78 Å². The van der Waals surface area contributed by atoms with Crippen LogP contribution in [0.5, 0.6) is 5.75 Å². The number of nitrogens with zero attached hydrogens (tertiary/aromatic N) is 4. The molecule has 3 aliphatic rings. The molecule has 3 aromatic rings. The van der Waals surface area contributed by atoms with Gasteiger partial charge in [0.15, 0.2) is 5.69 Å². The van der Waals surface area contributed by atoms with Crippen molar-refractivity contribution in [2.75, 3.05) is 12.0 Å². The number of carbonyl (C=O) groups excluding carboxylic acids is 1. The molecule has 2 aromatic heterocycles. The highest BCUT2D eigenvalue weighted by molar-refractivity contribution is 5.87. The number of benzene rings is 1. The number of hydrogen-bond donors (Lipinski definition) is 0. The van der Waals surface area contributed by atoms with Crippen LogP contribution in [0.25, 0.3) is 11.3 Å². The third-order valence-electron chi connectivity index (χ3n) is 7.75. The van der Waals surface area contributed by atoms with Gasteiger partial charge >= 0.3 is 12.6 Å². The molecule has 1 saturated carbocycles. The molecular formula is C28H30F2N4O5. The predicted octanol–water partition coefficient (Wildman–Crippen LogP) is 5.42. The second-order valence-electron chi connectivity index (χ2n) is 10.4. The quantitative estimate of drug-likeness (QED) is 0.329. The number of carbonyl (C=O) groups is 1. The number of fused-ring (bicyclic) bond motifs is 2. The summed E-state index contributed by atoms with van der Waals surface area (Å²) in [7, 11) is 1.34. The van der Waals surface area contributed by atoms with Crippen molar-refractivity contribution >= 4 is 11.9 Å². The van der Waals surface area contributed by atoms with Crippen LogP contribution < -0.4 is 9.64 Å². The summed E-state index contributed by atoms with van der Waals surface area (Å²) in [5, 5.41) is 4.27. The summed E-state index contributed by atoms with van der Waals surface area (Å²) in [4.78, 5) is 23.4. The molecule has 11 heteroatoms. The highest BCUT2D eigenvalue weighted by atomic mass is 19.3. The van der Waals surface area contributed by atoms with Crippen molar-refractivity contribution in [3.05, 3.63) is 53.0 Å². The van der Waals surface area contributed by atoms with Crippen LogP contribution in [-0.2, 0) is 16.1 Å². The van der Waals surface area contributed by atoms with Crippen LogP contribution in [0.2, 0.25) is 0 Å². The minimum Gasteiger partial charge on any atom is -0.464 e. The SMILES string of the molecule is COC(=O)c1cc(C)nc(N2C3CCC2CC(OCc2c(-c4ccccc4OC(F)F)noc2C2CC2)C3)n1. The van der Waals surface area contributed by atoms with Crippen molar-refractivity contribution in [2.45, 2.75) is 82.8 Å². The molecule has 1 aliphatic carbocycles. The Morgan fingerprint density at radius 3 is 2.56 bits per heavy atom. The smallest absolute Gasteiger partial charge is 0.387 e. The minimum atomic E-state index is -2.94. The van der Waals surface area contributed by atoms with E-state index in [4.69, 9.17) is 18.7 Å². The van der Waals surface area contributed by atoms with Gasteiger partial charge in [-0.05, 0) is 63.6 Å². The monoisotopic (exact) mass is 540 g/mol. The summed E-state index contributed by atoms with van der Waals surface area (Å²) in [5.74, 6) is 1.16. The number of ether oxygens (including phenoxy) is 3. The van der Waals surface area contributed by atoms with Gasteiger partial charge in [0.05, 0.1) is 19.8 Å². The van der Waals surface area contributed by atoms with Crippen LogP contribution in [0.15, 0.2) is 34.9 Å². The van der Waals surface area contributed by atoms with Gasteiger partial charge in [-0.1, -0.05) is 17.3 Å². The summed E-state index contributed by atoms with van der Waals surface area (Å²) in [6.07, 6.45) is 5.54. The average Bonchev–Trinajstić information content (AvgIpc) is 3.62. The van der Waals surface area contributed by atoms with E-state index in [1.807, 2.05) is 6.92 Å². The van der Waals surface area contributed by atoms with E-state index in [0.717, 1.165) is 49.8 Å². The lowest BCUT2D eigenvalue weighted by molar-refractivity contribution is -0.0494. The van der Waals surface area contributed by atoms with E-state index in [-0.39, 0.29) is 42.2 Å². The van der Waals surface area contributed by atoms with Crippen molar-refractivity contribution in [2.24, 2.45) is 0 Å². The molecule has 39 heavy (non-hydrogen) atoms. The molecule has 9 nitrogen and oxygen atoms in total. The molecule has 3 fully saturated rings. The summed E-state index contributed by atoms with van der Waals surface area (Å²) in [5.41, 5.74) is 2.70. The fourth-order valence-corrected chi connectivity index (χ4v) is 5.87. The number of aromatic nitrogens is 3. The first kappa shape index (κ1) is 25.7. The van der Waals surface area contributed by atoms with Gasteiger partial charge in [-0.3, -0.25) is 0 Å². The Morgan fingerprint density at radius 1 is 1.13 bits per heavy atom. The molecule has 2 atom stereocenters. The molecule has 2 unspecified atom stereocenters. The Morgan fingerprint density at radius 2 is 1.87 bits per heavy atom. The molecule has 2 saturated heterocycles. The lowest BCUT2D eigenvalue weighted by atomic mass is 9.99. The van der Waals surface area contributed by atoms with Gasteiger partial charge in [-0.15, -0.1) is 0 Å². The van der Waals surface area contributed by atoms with Crippen LogP contribution >= 0.6 is 0 Å². The lowest BCUT2D eigenvalue weighted by Gasteiger charge is -2.39. The summed E-state index contributed by atoms with van der Waals surface area (Å²) in [6.45, 7) is -0.832. The number of piperidine rings is 1. The van der Waals surface area contributed by atoms with Gasteiger partial charge in [0.25, 0.3) is 0 Å². The Hall–Kier alpha value is -3.60. The third-order valence-corrected chi connectivity index (χ3v) is 7.75. The number of methoxy groups -OCH3 is 1. The maximum atomic E-state index is 13.1. The van der Waals surface area contributed by atoms with Gasteiger partial charge < -0.3 is 23.6 Å². The van der Waals surface area contributed by atoms with E-state index in [2.05, 4.69) is 20.0 Å². The van der Waals surface area contributed by atoms with Gasteiger partial charge in [0.2, 0.25) is 5.95 Å². The predicted molar refractivity (Wildman–Crippen MR) is 136 cm³/mol. The fraction of sp³-hybridized carbons (Fsp3) is 0.500. The van der Waals surface area contributed by atoms with Crippen LogP contribution in [0.3, 0.4) is 0 Å². The van der Waals surface area contributed by atoms with Crippen LogP contribution in [0, 0.1) is 6.92 Å². The van der Waals surface area contributed by atoms with Crippen LogP contribution in [-0.4, -0.2) is 53.0 Å². The van der Waals surface area contributed by atoms with Crippen molar-refractivity contribution in [3.63, 3.8) is 0 Å². The Labute approximate surface area is 224 Å². The van der Waals surface area contributed by atoms with Gasteiger partial charge in [0.1, 0.15) is 17.2 Å². The fourth-order valence-electron chi connectivity index (χ4n) is 5.87. The zero-order valence-corrected chi connectivity index (χ0v) is 21.8. The van der Waals surface area contributed by atoms with Crippen molar-refractivity contribution in [1.29, 1.82) is 0 Å². The molecule has 0 N–H and O–H groups in total. The second-order valence-corrected chi connectivity index (χ2v) is 10.4. The maximum absolute atomic E-state index is 13.1. The van der Waals surface area contributed by atoms with Gasteiger partial charge in [-0.25, -0.2) is 14.8 Å². The standard InChI is InChI=1S/C28H30F2N4O5/c1-15-11-22(26(35)36-2)32-28(31-15)34-17-9-10-18(34)13-19(12-17)37-14-21-24(33-39-25(21)16-7-8-16)20-5-3-4-6-23(20)38-27(29)30/h3-6,11,16-19,27H,7-10,12-14H2,1-2H3. The third kappa shape index (κ3) is 5.19. The van der Waals surface area contributed by atoms with Crippen LogP contribution in [0.4, 0.5) is 14.7 Å². The average molecular weight is 541 g/mol. The largest absolute Gasteiger partial charge is 0.464 e. The lowest BCUT2D eigenvalue weighted by Crippen LogP contribution is -2.46. The number of rotatable bonds is 9. The zero-order valence-electron chi connectivity index (χ0n) is 21.8. The number of anilines is 1. The summed E-state index contributed by atoms with van der Waals surface area (Å²) < 4.78 is 47.9. The molecule has 6 rings (SSSR count). The Bertz CT molecular complexity index is 1350. The maximum Gasteiger partial charge on any atom is 0.387 e.